The Morgan fingerprint density at radius 1 is 1.33 bits per heavy atom. The third kappa shape index (κ3) is 2.51. The van der Waals surface area contributed by atoms with Crippen LogP contribution in [0.3, 0.4) is 0 Å². The number of nitrogens with one attached hydrogen (secondary N) is 1. The molecule has 5 heteroatoms. The van der Waals surface area contributed by atoms with Gasteiger partial charge in [-0.25, -0.2) is 4.98 Å². The summed E-state index contributed by atoms with van der Waals surface area (Å²) in [7, 11) is 0. The molecule has 3 N–H and O–H groups in total. The lowest BCUT2D eigenvalue weighted by Gasteiger charge is -2.08. The third-order valence-corrected chi connectivity index (χ3v) is 3.63. The number of nitrogen functional groups attached to an aromatic ring is 1. The highest BCUT2D eigenvalue weighted by atomic mass is 32.1. The van der Waals surface area contributed by atoms with Crippen LogP contribution in [-0.2, 0) is 0 Å². The summed E-state index contributed by atoms with van der Waals surface area (Å²) in [4.78, 5) is 16.7. The van der Waals surface area contributed by atoms with Gasteiger partial charge in [0.05, 0.1) is 5.69 Å². The first-order chi connectivity index (χ1) is 8.47. The summed E-state index contributed by atoms with van der Waals surface area (Å²) in [5.74, 6) is -0.159. The lowest BCUT2D eigenvalue weighted by Crippen LogP contribution is -2.12. The normalized spacial score (nSPS) is 10.4. The zero-order valence-corrected chi connectivity index (χ0v) is 11.4. The van der Waals surface area contributed by atoms with Crippen molar-refractivity contribution in [2.75, 3.05) is 11.1 Å². The molecule has 0 radical (unpaired) electrons. The average molecular weight is 261 g/mol. The van der Waals surface area contributed by atoms with E-state index in [-0.39, 0.29) is 5.91 Å². The van der Waals surface area contributed by atoms with E-state index in [9.17, 15) is 4.79 Å². The van der Waals surface area contributed by atoms with E-state index in [0.717, 1.165) is 11.3 Å². The third-order valence-electron chi connectivity index (χ3n) is 2.65. The van der Waals surface area contributed by atoms with E-state index in [1.165, 1.54) is 16.9 Å². The maximum absolute atomic E-state index is 12.1. The molecule has 0 aliphatic rings. The van der Waals surface area contributed by atoms with Crippen molar-refractivity contribution >= 4 is 28.1 Å². The van der Waals surface area contributed by atoms with Gasteiger partial charge < -0.3 is 11.1 Å². The maximum Gasteiger partial charge on any atom is 0.267 e. The molecule has 4 nitrogen and oxygen atoms in total. The second-order valence-electron chi connectivity index (χ2n) is 4.24. The Labute approximate surface area is 110 Å². The molecule has 0 bridgehead atoms. The molecule has 94 valence electrons. The van der Waals surface area contributed by atoms with Crippen LogP contribution in [0.5, 0.6) is 0 Å². The van der Waals surface area contributed by atoms with E-state index >= 15 is 0 Å². The lowest BCUT2D eigenvalue weighted by molar-refractivity contribution is 0.102. The molecule has 1 heterocycles. The fourth-order valence-corrected chi connectivity index (χ4v) is 2.49. The molecule has 0 aliphatic carbocycles. The van der Waals surface area contributed by atoms with E-state index in [1.54, 1.807) is 6.92 Å². The van der Waals surface area contributed by atoms with Crippen molar-refractivity contribution in [1.82, 2.24) is 4.98 Å². The highest BCUT2D eigenvalue weighted by Crippen LogP contribution is 2.22. The van der Waals surface area contributed by atoms with Crippen LogP contribution in [0.4, 0.5) is 10.8 Å². The number of amides is 1. The van der Waals surface area contributed by atoms with Gasteiger partial charge in [-0.2, -0.15) is 0 Å². The van der Waals surface area contributed by atoms with Gasteiger partial charge in [-0.15, -0.1) is 0 Å². The molecule has 1 amide bonds. The predicted octanol–water partition coefficient (Wildman–Crippen LogP) is 2.90. The number of hydrogen-bond acceptors (Lipinski definition) is 4. The van der Waals surface area contributed by atoms with Gasteiger partial charge in [0.25, 0.3) is 5.91 Å². The quantitative estimate of drug-likeness (QED) is 0.873. The van der Waals surface area contributed by atoms with Gasteiger partial charge in [0.2, 0.25) is 0 Å². The molecular formula is C13H15N3OS. The van der Waals surface area contributed by atoms with Crippen LogP contribution < -0.4 is 11.1 Å². The predicted molar refractivity (Wildman–Crippen MR) is 75.1 cm³/mol. The van der Waals surface area contributed by atoms with Crippen molar-refractivity contribution in [3.63, 3.8) is 0 Å². The summed E-state index contributed by atoms with van der Waals surface area (Å²) in [6.07, 6.45) is 0. The van der Waals surface area contributed by atoms with E-state index in [0.29, 0.717) is 15.7 Å². The van der Waals surface area contributed by atoms with E-state index < -0.39 is 0 Å². The molecule has 0 aliphatic heterocycles. The maximum atomic E-state index is 12.1. The molecule has 0 spiro atoms. The molecule has 18 heavy (non-hydrogen) atoms. The van der Waals surface area contributed by atoms with E-state index in [4.69, 9.17) is 5.73 Å². The number of nitrogens with zero attached hydrogens (tertiary/aromatic N) is 1. The number of thiazole rings is 1. The Balaban J connectivity index is 2.24. The molecule has 0 fully saturated rings. The zero-order chi connectivity index (χ0) is 13.3. The Bertz CT molecular complexity index is 604. The summed E-state index contributed by atoms with van der Waals surface area (Å²) in [5.41, 5.74) is 9.28. The molecule has 0 saturated heterocycles. The van der Waals surface area contributed by atoms with E-state index in [1.807, 2.05) is 32.0 Å². The highest BCUT2D eigenvalue weighted by molar-refractivity contribution is 7.17. The second kappa shape index (κ2) is 4.78. The number of nitrogens with two attached hydrogens (primary N) is 1. The SMILES string of the molecule is Cc1ccc(NC(=O)c2sc(N)nc2C)c(C)c1. The van der Waals surface area contributed by atoms with Crippen LogP contribution in [0, 0.1) is 20.8 Å². The molecule has 1 aromatic carbocycles. The van der Waals surface area contributed by atoms with Crippen LogP contribution in [0.1, 0.15) is 26.5 Å². The molecule has 1 aromatic heterocycles. The Morgan fingerprint density at radius 3 is 2.61 bits per heavy atom. The number of aromatic nitrogens is 1. The van der Waals surface area contributed by atoms with Gasteiger partial charge in [-0.3, -0.25) is 4.79 Å². The van der Waals surface area contributed by atoms with Gasteiger partial charge in [0, 0.05) is 5.69 Å². The Hall–Kier alpha value is -1.88. The topological polar surface area (TPSA) is 68.0 Å². The van der Waals surface area contributed by atoms with Crippen molar-refractivity contribution in [2.24, 2.45) is 0 Å². The summed E-state index contributed by atoms with van der Waals surface area (Å²) in [6, 6.07) is 5.91. The Morgan fingerprint density at radius 2 is 2.06 bits per heavy atom. The van der Waals surface area contributed by atoms with Gasteiger partial charge in [0.1, 0.15) is 4.88 Å². The molecular weight excluding hydrogens is 246 g/mol. The largest absolute Gasteiger partial charge is 0.375 e. The van der Waals surface area contributed by atoms with Crippen LogP contribution in [0.2, 0.25) is 0 Å². The molecule has 2 aromatic rings. The van der Waals surface area contributed by atoms with Crippen LogP contribution in [-0.4, -0.2) is 10.9 Å². The summed E-state index contributed by atoms with van der Waals surface area (Å²) >= 11 is 1.21. The number of hydrogen-bond donors (Lipinski definition) is 2. The van der Waals surface area contributed by atoms with Crippen molar-refractivity contribution in [2.45, 2.75) is 20.8 Å². The second-order valence-corrected chi connectivity index (χ2v) is 5.27. The smallest absolute Gasteiger partial charge is 0.267 e. The summed E-state index contributed by atoms with van der Waals surface area (Å²) in [5, 5.41) is 3.30. The molecule has 2 rings (SSSR count). The van der Waals surface area contributed by atoms with Crippen molar-refractivity contribution < 1.29 is 4.79 Å². The number of rotatable bonds is 2. The fourth-order valence-electron chi connectivity index (χ4n) is 1.76. The van der Waals surface area contributed by atoms with Gasteiger partial charge in [-0.1, -0.05) is 29.0 Å². The highest BCUT2D eigenvalue weighted by Gasteiger charge is 2.14. The number of aryl methyl sites for hydroxylation is 3. The summed E-state index contributed by atoms with van der Waals surface area (Å²) < 4.78 is 0. The molecule has 0 atom stereocenters. The van der Waals surface area contributed by atoms with Gasteiger partial charge in [0.15, 0.2) is 5.13 Å². The Kier molecular flexibility index (Phi) is 3.34. The van der Waals surface area contributed by atoms with E-state index in [2.05, 4.69) is 10.3 Å². The number of anilines is 2. The number of carbonyl (C=O) groups is 1. The van der Waals surface area contributed by atoms with Crippen molar-refractivity contribution in [3.8, 4) is 0 Å². The van der Waals surface area contributed by atoms with Crippen molar-refractivity contribution in [1.29, 1.82) is 0 Å². The molecule has 0 saturated carbocycles. The van der Waals surface area contributed by atoms with Gasteiger partial charge >= 0.3 is 0 Å². The first kappa shape index (κ1) is 12.6. The number of benzene rings is 1. The van der Waals surface area contributed by atoms with Crippen molar-refractivity contribution in [3.05, 3.63) is 39.9 Å². The zero-order valence-electron chi connectivity index (χ0n) is 10.6. The first-order valence-corrected chi connectivity index (χ1v) is 6.40. The minimum Gasteiger partial charge on any atom is -0.375 e. The average Bonchev–Trinajstić information content (AvgIpc) is 2.62. The summed E-state index contributed by atoms with van der Waals surface area (Å²) in [6.45, 7) is 5.77. The lowest BCUT2D eigenvalue weighted by atomic mass is 10.1. The fraction of sp³-hybridized carbons (Fsp3) is 0.231. The minimum atomic E-state index is -0.159. The van der Waals surface area contributed by atoms with Crippen LogP contribution in [0.25, 0.3) is 0 Å². The van der Waals surface area contributed by atoms with Crippen LogP contribution >= 0.6 is 11.3 Å². The van der Waals surface area contributed by atoms with Crippen LogP contribution in [0.15, 0.2) is 18.2 Å². The standard InChI is InChI=1S/C13H15N3OS/c1-7-4-5-10(8(2)6-7)16-12(17)11-9(3)15-13(14)18-11/h4-6H,1-3H3,(H2,14,15)(H,16,17). The minimum absolute atomic E-state index is 0.159. The number of carbonyl (C=O) groups excluding carboxylic acids is 1. The molecule has 0 unspecified atom stereocenters. The van der Waals surface area contributed by atoms with Gasteiger partial charge in [-0.05, 0) is 32.4 Å². The first-order valence-electron chi connectivity index (χ1n) is 5.59. The monoisotopic (exact) mass is 261 g/mol.